The first-order valence-corrected chi connectivity index (χ1v) is 7.56. The van der Waals surface area contributed by atoms with Gasteiger partial charge in [0.2, 0.25) is 0 Å². The van der Waals surface area contributed by atoms with E-state index in [4.69, 9.17) is 0 Å². The molecule has 0 bridgehead atoms. The summed E-state index contributed by atoms with van der Waals surface area (Å²) in [6, 6.07) is 6.34. The summed E-state index contributed by atoms with van der Waals surface area (Å²) in [5.74, 6) is -0.304. The van der Waals surface area contributed by atoms with Gasteiger partial charge in [-0.25, -0.2) is 4.39 Å². The second-order valence-electron chi connectivity index (χ2n) is 5.73. The Morgan fingerprint density at radius 1 is 1.20 bits per heavy atom. The molecule has 0 radical (unpaired) electrons. The van der Waals surface area contributed by atoms with Gasteiger partial charge < -0.3 is 10.6 Å². The third-order valence-electron chi connectivity index (χ3n) is 3.99. The fraction of sp³-hybridized carbons (Fsp3) is 0.562. The van der Waals surface area contributed by atoms with Crippen LogP contribution >= 0.6 is 0 Å². The van der Waals surface area contributed by atoms with E-state index in [1.165, 1.54) is 50.7 Å². The van der Waals surface area contributed by atoms with E-state index in [9.17, 15) is 9.18 Å². The fourth-order valence-electron chi connectivity index (χ4n) is 2.79. The van der Waals surface area contributed by atoms with Gasteiger partial charge in [0.25, 0.3) is 5.91 Å². The lowest BCUT2D eigenvalue weighted by Gasteiger charge is -2.18. The molecular formula is C16H24FN2O+. The van der Waals surface area contributed by atoms with Crippen LogP contribution in [0.2, 0.25) is 0 Å². The van der Waals surface area contributed by atoms with Gasteiger partial charge in [0.15, 0.2) is 6.04 Å². The van der Waals surface area contributed by atoms with Crippen molar-refractivity contribution in [3.8, 4) is 0 Å². The van der Waals surface area contributed by atoms with Crippen LogP contribution in [0.4, 0.5) is 10.1 Å². The number of nitrogens with two attached hydrogens (primary N) is 1. The Morgan fingerprint density at radius 3 is 2.40 bits per heavy atom. The van der Waals surface area contributed by atoms with Crippen LogP contribution in [0, 0.1) is 5.82 Å². The van der Waals surface area contributed by atoms with E-state index in [2.05, 4.69) is 10.6 Å². The Bertz CT molecular complexity index is 425. The minimum Gasteiger partial charge on any atom is -0.334 e. The van der Waals surface area contributed by atoms with Crippen LogP contribution in [0.25, 0.3) is 0 Å². The maximum atomic E-state index is 12.8. The average Bonchev–Trinajstić information content (AvgIpc) is 2.70. The summed E-state index contributed by atoms with van der Waals surface area (Å²) in [5.41, 5.74) is 0.650. The molecule has 1 amide bonds. The number of hydrogen-bond acceptors (Lipinski definition) is 1. The summed E-state index contributed by atoms with van der Waals surface area (Å²) in [7, 11) is 0. The first-order valence-electron chi connectivity index (χ1n) is 7.56. The zero-order valence-corrected chi connectivity index (χ0v) is 12.1. The first kappa shape index (κ1) is 15.0. The zero-order valence-electron chi connectivity index (χ0n) is 12.1. The second kappa shape index (κ2) is 7.39. The van der Waals surface area contributed by atoms with Crippen molar-refractivity contribution in [1.29, 1.82) is 0 Å². The molecule has 3 nitrogen and oxygen atoms in total. The van der Waals surface area contributed by atoms with Crippen molar-refractivity contribution >= 4 is 11.6 Å². The molecule has 1 aromatic carbocycles. The lowest BCUT2D eigenvalue weighted by molar-refractivity contribution is -0.707. The Morgan fingerprint density at radius 2 is 1.80 bits per heavy atom. The molecule has 20 heavy (non-hydrogen) atoms. The van der Waals surface area contributed by atoms with Gasteiger partial charge in [-0.1, -0.05) is 12.8 Å². The normalized spacial score (nSPS) is 18.3. The molecule has 0 unspecified atom stereocenters. The highest BCUT2D eigenvalue weighted by Gasteiger charge is 2.22. The van der Waals surface area contributed by atoms with Gasteiger partial charge in [-0.2, -0.15) is 0 Å². The number of carbonyl (C=O) groups is 1. The molecule has 1 saturated carbocycles. The van der Waals surface area contributed by atoms with Crippen molar-refractivity contribution in [2.45, 2.75) is 57.5 Å². The molecule has 0 saturated heterocycles. The average molecular weight is 279 g/mol. The molecule has 0 spiro atoms. The molecule has 1 aliphatic rings. The molecule has 4 heteroatoms. The second-order valence-corrected chi connectivity index (χ2v) is 5.73. The van der Waals surface area contributed by atoms with Crippen molar-refractivity contribution in [1.82, 2.24) is 0 Å². The largest absolute Gasteiger partial charge is 0.334 e. The molecule has 0 heterocycles. The first-order chi connectivity index (χ1) is 9.65. The number of rotatable bonds is 4. The number of anilines is 1. The minimum atomic E-state index is -0.291. The van der Waals surface area contributed by atoms with Crippen LogP contribution in [0.5, 0.6) is 0 Å². The number of halogens is 1. The van der Waals surface area contributed by atoms with Gasteiger partial charge in [0.1, 0.15) is 5.82 Å². The standard InChI is InChI=1S/C16H23FN2O/c1-12(18-14-6-4-2-3-5-7-14)16(20)19-15-10-8-13(17)9-11-15/h8-12,14,18H,2-7H2,1H3,(H,19,20)/p+1/t12-/m1/s1. The molecule has 1 fully saturated rings. The Labute approximate surface area is 120 Å². The minimum absolute atomic E-state index is 0.0131. The molecule has 0 aliphatic heterocycles. The van der Waals surface area contributed by atoms with Gasteiger partial charge in [0, 0.05) is 5.69 Å². The van der Waals surface area contributed by atoms with Crippen molar-refractivity contribution in [3.05, 3.63) is 30.1 Å². The van der Waals surface area contributed by atoms with E-state index in [0.717, 1.165) is 0 Å². The van der Waals surface area contributed by atoms with Crippen molar-refractivity contribution in [3.63, 3.8) is 0 Å². The molecular weight excluding hydrogens is 255 g/mol. The predicted octanol–water partition coefficient (Wildman–Crippen LogP) is 2.44. The number of quaternary nitrogens is 1. The molecule has 2 rings (SSSR count). The van der Waals surface area contributed by atoms with E-state index in [-0.39, 0.29) is 17.8 Å². The molecule has 0 aromatic heterocycles. The van der Waals surface area contributed by atoms with E-state index < -0.39 is 0 Å². The molecule has 3 N–H and O–H groups in total. The summed E-state index contributed by atoms with van der Waals surface area (Å²) >= 11 is 0. The molecule has 1 aromatic rings. The fourth-order valence-corrected chi connectivity index (χ4v) is 2.79. The summed E-state index contributed by atoms with van der Waals surface area (Å²) in [4.78, 5) is 12.1. The van der Waals surface area contributed by atoms with Crippen LogP contribution < -0.4 is 10.6 Å². The van der Waals surface area contributed by atoms with E-state index >= 15 is 0 Å². The summed E-state index contributed by atoms with van der Waals surface area (Å²) in [5, 5.41) is 5.02. The van der Waals surface area contributed by atoms with Crippen LogP contribution in [0.1, 0.15) is 45.4 Å². The summed E-state index contributed by atoms with van der Waals surface area (Å²) in [6.07, 6.45) is 7.59. The Kier molecular flexibility index (Phi) is 5.53. The highest BCUT2D eigenvalue weighted by molar-refractivity contribution is 5.93. The molecule has 110 valence electrons. The van der Waals surface area contributed by atoms with Gasteiger partial charge in [0.05, 0.1) is 6.04 Å². The summed E-state index contributed by atoms with van der Waals surface area (Å²) in [6.45, 7) is 1.93. The van der Waals surface area contributed by atoms with E-state index in [1.807, 2.05) is 6.92 Å². The van der Waals surface area contributed by atoms with E-state index in [0.29, 0.717) is 11.7 Å². The molecule has 1 atom stereocenters. The predicted molar refractivity (Wildman–Crippen MR) is 77.9 cm³/mol. The van der Waals surface area contributed by atoms with Crippen LogP contribution in [-0.2, 0) is 4.79 Å². The van der Waals surface area contributed by atoms with Crippen LogP contribution in [0.15, 0.2) is 24.3 Å². The monoisotopic (exact) mass is 279 g/mol. The highest BCUT2D eigenvalue weighted by atomic mass is 19.1. The number of carbonyl (C=O) groups excluding carboxylic acids is 1. The maximum absolute atomic E-state index is 12.8. The smallest absolute Gasteiger partial charge is 0.282 e. The Balaban J connectivity index is 1.83. The lowest BCUT2D eigenvalue weighted by atomic mass is 10.1. The van der Waals surface area contributed by atoms with Crippen molar-refractivity contribution in [2.24, 2.45) is 0 Å². The van der Waals surface area contributed by atoms with Gasteiger partial charge in [-0.3, -0.25) is 4.79 Å². The zero-order chi connectivity index (χ0) is 14.4. The molecule has 1 aliphatic carbocycles. The number of benzene rings is 1. The maximum Gasteiger partial charge on any atom is 0.282 e. The third kappa shape index (κ3) is 4.60. The van der Waals surface area contributed by atoms with Gasteiger partial charge in [-0.05, 0) is 56.9 Å². The van der Waals surface area contributed by atoms with Crippen LogP contribution in [-0.4, -0.2) is 18.0 Å². The van der Waals surface area contributed by atoms with Crippen LogP contribution in [0.3, 0.4) is 0 Å². The highest BCUT2D eigenvalue weighted by Crippen LogP contribution is 2.15. The quantitative estimate of drug-likeness (QED) is 0.817. The van der Waals surface area contributed by atoms with Gasteiger partial charge >= 0.3 is 0 Å². The SMILES string of the molecule is C[C@@H]([NH2+]C1CCCCCC1)C(=O)Nc1ccc(F)cc1. The van der Waals surface area contributed by atoms with Crippen molar-refractivity contribution in [2.75, 3.05) is 5.32 Å². The Hall–Kier alpha value is -1.42. The number of nitrogens with one attached hydrogen (secondary N) is 1. The third-order valence-corrected chi connectivity index (χ3v) is 3.99. The number of hydrogen-bond donors (Lipinski definition) is 2. The van der Waals surface area contributed by atoms with Gasteiger partial charge in [-0.15, -0.1) is 0 Å². The topological polar surface area (TPSA) is 45.7 Å². The number of amides is 1. The van der Waals surface area contributed by atoms with Crippen molar-refractivity contribution < 1.29 is 14.5 Å². The summed E-state index contributed by atoms with van der Waals surface area (Å²) < 4.78 is 12.8. The van der Waals surface area contributed by atoms with E-state index in [1.54, 1.807) is 12.1 Å². The lowest BCUT2D eigenvalue weighted by Crippen LogP contribution is -2.96.